The highest BCUT2D eigenvalue weighted by molar-refractivity contribution is 6.70. The molecule has 1 aliphatic heterocycles. The van der Waals surface area contributed by atoms with Gasteiger partial charge in [0.15, 0.2) is 19.7 Å². The number of ketones is 1. The lowest BCUT2D eigenvalue weighted by atomic mass is 9.75. The first-order valence-corrected chi connectivity index (χ1v) is 13.1. The van der Waals surface area contributed by atoms with Crippen LogP contribution in [-0.2, 0) is 18.8 Å². The normalized spacial score (nSPS) is 35.0. The summed E-state index contributed by atoms with van der Waals surface area (Å²) in [6.07, 6.45) is 5.37. The maximum absolute atomic E-state index is 13.1. The molecule has 2 fully saturated rings. The molecule has 0 amide bonds. The SMILES string of the molecule is C/C(=C\CC[C@@]1(C)OC(=O)[C@H]2[C@@H](C)CC(=O)[C@]21O[Si](C)(C)C)CCCO. The first-order valence-electron chi connectivity index (χ1n) is 9.69. The number of hydrogen-bond acceptors (Lipinski definition) is 5. The van der Waals surface area contributed by atoms with Gasteiger partial charge >= 0.3 is 5.97 Å². The van der Waals surface area contributed by atoms with Crippen LogP contribution >= 0.6 is 0 Å². The molecule has 0 bridgehead atoms. The number of allylic oxidation sites excluding steroid dienone is 2. The second-order valence-electron chi connectivity index (χ2n) is 9.10. The fourth-order valence-electron chi connectivity index (χ4n) is 4.52. The van der Waals surface area contributed by atoms with Gasteiger partial charge in [-0.25, -0.2) is 0 Å². The van der Waals surface area contributed by atoms with E-state index in [0.29, 0.717) is 19.3 Å². The summed E-state index contributed by atoms with van der Waals surface area (Å²) in [5.74, 6) is -0.807. The molecule has 0 aromatic carbocycles. The summed E-state index contributed by atoms with van der Waals surface area (Å²) in [7, 11) is -2.08. The van der Waals surface area contributed by atoms with Crippen LogP contribution < -0.4 is 0 Å². The van der Waals surface area contributed by atoms with E-state index in [1.54, 1.807) is 0 Å². The largest absolute Gasteiger partial charge is 0.455 e. The highest BCUT2D eigenvalue weighted by Crippen LogP contribution is 2.56. The summed E-state index contributed by atoms with van der Waals surface area (Å²) >= 11 is 0. The molecule has 1 saturated carbocycles. The van der Waals surface area contributed by atoms with E-state index in [1.807, 2.05) is 20.8 Å². The Labute approximate surface area is 158 Å². The Kier molecular flexibility index (Phi) is 6.20. The second-order valence-corrected chi connectivity index (χ2v) is 13.5. The van der Waals surface area contributed by atoms with Gasteiger partial charge in [0.25, 0.3) is 0 Å². The zero-order valence-electron chi connectivity index (χ0n) is 17.1. The third-order valence-corrected chi connectivity index (χ3v) is 6.54. The Hall–Kier alpha value is -0.983. The Balaban J connectivity index is 2.30. The molecule has 0 aromatic rings. The summed E-state index contributed by atoms with van der Waals surface area (Å²) in [5, 5.41) is 8.95. The fraction of sp³-hybridized carbons (Fsp3) is 0.800. The van der Waals surface area contributed by atoms with Gasteiger partial charge in [-0.1, -0.05) is 18.6 Å². The van der Waals surface area contributed by atoms with E-state index in [9.17, 15) is 9.59 Å². The van der Waals surface area contributed by atoms with Crippen molar-refractivity contribution in [2.75, 3.05) is 6.61 Å². The van der Waals surface area contributed by atoms with Crippen molar-refractivity contribution in [2.24, 2.45) is 11.8 Å². The van der Waals surface area contributed by atoms with Crippen LogP contribution in [0.4, 0.5) is 0 Å². The predicted molar refractivity (Wildman–Crippen MR) is 103 cm³/mol. The van der Waals surface area contributed by atoms with Gasteiger partial charge < -0.3 is 14.3 Å². The van der Waals surface area contributed by atoms with Crippen LogP contribution in [0.15, 0.2) is 11.6 Å². The van der Waals surface area contributed by atoms with Gasteiger partial charge in [-0.05, 0) is 65.1 Å². The van der Waals surface area contributed by atoms with E-state index < -0.39 is 25.4 Å². The minimum atomic E-state index is -2.08. The van der Waals surface area contributed by atoms with Gasteiger partial charge in [0.1, 0.15) is 5.60 Å². The Morgan fingerprint density at radius 1 is 1.38 bits per heavy atom. The second kappa shape index (κ2) is 7.56. The molecule has 0 radical (unpaired) electrons. The number of esters is 1. The van der Waals surface area contributed by atoms with Gasteiger partial charge in [0, 0.05) is 13.0 Å². The van der Waals surface area contributed by atoms with Crippen LogP contribution in [-0.4, -0.2) is 43.0 Å². The number of Topliss-reactive ketones (excluding diaryl/α,β-unsaturated/α-hetero) is 1. The van der Waals surface area contributed by atoms with Crippen molar-refractivity contribution >= 4 is 20.1 Å². The third kappa shape index (κ3) is 3.82. The first kappa shape index (κ1) is 21.3. The zero-order valence-corrected chi connectivity index (χ0v) is 18.1. The van der Waals surface area contributed by atoms with Crippen LogP contribution in [0.25, 0.3) is 0 Å². The van der Waals surface area contributed by atoms with Crippen molar-refractivity contribution < 1.29 is 23.9 Å². The number of aliphatic hydroxyl groups is 1. The molecule has 0 spiro atoms. The van der Waals surface area contributed by atoms with Crippen molar-refractivity contribution in [3.05, 3.63) is 11.6 Å². The molecule has 5 nitrogen and oxygen atoms in total. The average molecular weight is 383 g/mol. The van der Waals surface area contributed by atoms with E-state index >= 15 is 0 Å². The molecule has 148 valence electrons. The molecule has 2 aliphatic rings. The summed E-state index contributed by atoms with van der Waals surface area (Å²) in [5.41, 5.74) is -0.861. The topological polar surface area (TPSA) is 72.8 Å². The fourth-order valence-corrected chi connectivity index (χ4v) is 5.94. The molecule has 1 aliphatic carbocycles. The highest BCUT2D eigenvalue weighted by Gasteiger charge is 2.73. The highest BCUT2D eigenvalue weighted by atomic mass is 28.4. The van der Waals surface area contributed by atoms with Gasteiger partial charge in [-0.15, -0.1) is 0 Å². The zero-order chi connectivity index (χ0) is 19.8. The molecule has 1 saturated heterocycles. The molecule has 2 rings (SSSR count). The summed E-state index contributed by atoms with van der Waals surface area (Å²) in [6, 6.07) is 0. The predicted octanol–water partition coefficient (Wildman–Crippen LogP) is 3.62. The molecule has 26 heavy (non-hydrogen) atoms. The molecular formula is C20H34O5Si. The van der Waals surface area contributed by atoms with E-state index in [0.717, 1.165) is 12.8 Å². The Morgan fingerprint density at radius 2 is 2.04 bits per heavy atom. The van der Waals surface area contributed by atoms with Crippen molar-refractivity contribution in [1.29, 1.82) is 0 Å². The van der Waals surface area contributed by atoms with E-state index in [-0.39, 0.29) is 24.3 Å². The third-order valence-electron chi connectivity index (χ3n) is 5.60. The lowest BCUT2D eigenvalue weighted by molar-refractivity contribution is -0.160. The quantitative estimate of drug-likeness (QED) is 0.394. The number of aliphatic hydroxyl groups excluding tert-OH is 1. The number of carbonyl (C=O) groups excluding carboxylic acids is 2. The summed E-state index contributed by atoms with van der Waals surface area (Å²) in [4.78, 5) is 25.8. The summed E-state index contributed by atoms with van der Waals surface area (Å²) in [6.45, 7) is 12.2. The molecule has 4 atom stereocenters. The lowest BCUT2D eigenvalue weighted by Gasteiger charge is -2.43. The smallest absolute Gasteiger partial charge is 0.313 e. The average Bonchev–Trinajstić information content (AvgIpc) is 2.86. The number of hydrogen-bond donors (Lipinski definition) is 1. The molecule has 6 heteroatoms. The van der Waals surface area contributed by atoms with Crippen LogP contribution in [0.2, 0.25) is 19.6 Å². The van der Waals surface area contributed by atoms with Gasteiger partial charge in [-0.3, -0.25) is 9.59 Å². The van der Waals surface area contributed by atoms with Crippen molar-refractivity contribution in [1.82, 2.24) is 0 Å². The number of rotatable bonds is 8. The van der Waals surface area contributed by atoms with Crippen LogP contribution in [0.3, 0.4) is 0 Å². The summed E-state index contributed by atoms with van der Waals surface area (Å²) < 4.78 is 12.3. The standard InChI is InChI=1S/C20H34O5Si/c1-14(10-8-12-21)9-7-11-19(3)20(25-26(4,5)6)16(22)13-15(2)17(20)18(23)24-19/h9,15,17,21H,7-8,10-13H2,1-6H3/b14-9+/t15-,17+,19+,20-/m0/s1. The molecule has 0 aromatic heterocycles. The molecule has 0 unspecified atom stereocenters. The van der Waals surface area contributed by atoms with Crippen molar-refractivity contribution in [3.63, 3.8) is 0 Å². The van der Waals surface area contributed by atoms with E-state index in [2.05, 4.69) is 25.7 Å². The van der Waals surface area contributed by atoms with E-state index in [4.69, 9.17) is 14.3 Å². The minimum Gasteiger partial charge on any atom is -0.455 e. The van der Waals surface area contributed by atoms with Gasteiger partial charge in [0.2, 0.25) is 0 Å². The Morgan fingerprint density at radius 3 is 2.62 bits per heavy atom. The van der Waals surface area contributed by atoms with Crippen molar-refractivity contribution in [3.8, 4) is 0 Å². The maximum atomic E-state index is 13.1. The number of carbonyl (C=O) groups is 2. The number of fused-ring (bicyclic) bond motifs is 1. The monoisotopic (exact) mass is 382 g/mol. The maximum Gasteiger partial charge on any atom is 0.313 e. The molecule has 1 heterocycles. The number of ether oxygens (including phenoxy) is 1. The lowest BCUT2D eigenvalue weighted by Crippen LogP contribution is -2.61. The minimum absolute atomic E-state index is 0.0201. The van der Waals surface area contributed by atoms with Gasteiger partial charge in [-0.2, -0.15) is 0 Å². The molecule has 1 N–H and O–H groups in total. The van der Waals surface area contributed by atoms with E-state index in [1.165, 1.54) is 5.57 Å². The molecular weight excluding hydrogens is 348 g/mol. The Bertz CT molecular complexity index is 593. The van der Waals surface area contributed by atoms with Crippen LogP contribution in [0.1, 0.15) is 52.9 Å². The number of cyclic esters (lactones) is 1. The van der Waals surface area contributed by atoms with Gasteiger partial charge in [0.05, 0.1) is 5.92 Å². The van der Waals surface area contributed by atoms with Crippen LogP contribution in [0, 0.1) is 11.8 Å². The van der Waals surface area contributed by atoms with Crippen LogP contribution in [0.5, 0.6) is 0 Å². The first-order chi connectivity index (χ1) is 12.0. The van der Waals surface area contributed by atoms with Crippen molar-refractivity contribution in [2.45, 2.75) is 83.7 Å².